The third-order valence-electron chi connectivity index (χ3n) is 6.85. The molecule has 2 bridgehead atoms. The monoisotopic (exact) mass is 222 g/mol. The van der Waals surface area contributed by atoms with Crippen molar-refractivity contribution in [3.05, 3.63) is 0 Å². The molecule has 6 atom stereocenters. The van der Waals surface area contributed by atoms with Gasteiger partial charge in [-0.2, -0.15) is 0 Å². The Morgan fingerprint density at radius 2 is 1.75 bits per heavy atom. The Morgan fingerprint density at radius 3 is 2.44 bits per heavy atom. The van der Waals surface area contributed by atoms with Gasteiger partial charge in [-0.15, -0.1) is 0 Å². The van der Waals surface area contributed by atoms with Crippen LogP contribution < -0.4 is 0 Å². The molecule has 0 aliphatic heterocycles. The maximum absolute atomic E-state index is 10.4. The van der Waals surface area contributed by atoms with Crippen molar-refractivity contribution in [3.63, 3.8) is 0 Å². The van der Waals surface area contributed by atoms with E-state index in [0.717, 1.165) is 24.2 Å². The first kappa shape index (κ1) is 11.1. The fourth-order valence-corrected chi connectivity index (χ4v) is 5.86. The molecule has 1 heteroatoms. The van der Waals surface area contributed by atoms with E-state index in [-0.39, 0.29) is 6.10 Å². The second-order valence-electron chi connectivity index (χ2n) is 7.53. The Bertz CT molecular complexity index is 309. The van der Waals surface area contributed by atoms with Crippen molar-refractivity contribution >= 4 is 0 Å². The molecule has 0 heterocycles. The minimum Gasteiger partial charge on any atom is -0.393 e. The number of hydrogen-bond acceptors (Lipinski definition) is 1. The van der Waals surface area contributed by atoms with Gasteiger partial charge in [-0.1, -0.05) is 27.7 Å². The van der Waals surface area contributed by atoms with E-state index in [4.69, 9.17) is 0 Å². The highest BCUT2D eigenvalue weighted by atomic mass is 16.3. The van der Waals surface area contributed by atoms with E-state index in [0.29, 0.717) is 16.7 Å². The lowest BCUT2D eigenvalue weighted by Gasteiger charge is -2.42. The maximum atomic E-state index is 10.4. The average Bonchev–Trinajstić information content (AvgIpc) is 2.59. The molecule has 16 heavy (non-hydrogen) atoms. The lowest BCUT2D eigenvalue weighted by atomic mass is 9.64. The predicted octanol–water partition coefficient (Wildman–Crippen LogP) is 3.47. The zero-order chi connectivity index (χ0) is 11.7. The van der Waals surface area contributed by atoms with Gasteiger partial charge in [0.2, 0.25) is 0 Å². The Labute approximate surface area is 99.6 Å². The fourth-order valence-electron chi connectivity index (χ4n) is 5.86. The van der Waals surface area contributed by atoms with Crippen molar-refractivity contribution in [1.82, 2.24) is 0 Å². The predicted molar refractivity (Wildman–Crippen MR) is 66.0 cm³/mol. The molecule has 3 saturated carbocycles. The topological polar surface area (TPSA) is 20.2 Å². The molecular formula is C15H26O. The first-order valence-corrected chi connectivity index (χ1v) is 7.07. The van der Waals surface area contributed by atoms with Gasteiger partial charge in [0.05, 0.1) is 6.10 Å². The van der Waals surface area contributed by atoms with Gasteiger partial charge in [-0.3, -0.25) is 0 Å². The SMILES string of the molecule is C[C@@H]1[C@H](O)C[C@@]23C[C@@H]1C(C)(C)[C@@H]2CC[C@H]3C. The summed E-state index contributed by atoms with van der Waals surface area (Å²) in [5.74, 6) is 2.98. The lowest BCUT2D eigenvalue weighted by Crippen LogP contribution is -2.39. The summed E-state index contributed by atoms with van der Waals surface area (Å²) in [4.78, 5) is 0. The highest BCUT2D eigenvalue weighted by Crippen LogP contribution is 2.72. The molecule has 92 valence electrons. The van der Waals surface area contributed by atoms with Crippen LogP contribution in [0, 0.1) is 34.5 Å². The lowest BCUT2D eigenvalue weighted by molar-refractivity contribution is -0.0194. The summed E-state index contributed by atoms with van der Waals surface area (Å²) in [5.41, 5.74) is 0.960. The number of hydrogen-bond donors (Lipinski definition) is 1. The highest BCUT2D eigenvalue weighted by Gasteiger charge is 2.66. The maximum Gasteiger partial charge on any atom is 0.0574 e. The van der Waals surface area contributed by atoms with Gasteiger partial charge in [0.1, 0.15) is 0 Å². The van der Waals surface area contributed by atoms with Gasteiger partial charge < -0.3 is 5.11 Å². The van der Waals surface area contributed by atoms with Gasteiger partial charge >= 0.3 is 0 Å². The Hall–Kier alpha value is -0.0400. The molecule has 0 aromatic rings. The van der Waals surface area contributed by atoms with Crippen molar-refractivity contribution in [2.75, 3.05) is 0 Å². The van der Waals surface area contributed by atoms with E-state index in [2.05, 4.69) is 27.7 Å². The van der Waals surface area contributed by atoms with Gasteiger partial charge in [0.25, 0.3) is 0 Å². The number of aliphatic hydroxyl groups excluding tert-OH is 1. The minimum atomic E-state index is -0.0384. The first-order valence-electron chi connectivity index (χ1n) is 7.07. The minimum absolute atomic E-state index is 0.0384. The van der Waals surface area contributed by atoms with E-state index in [1.54, 1.807) is 0 Å². The molecule has 0 aromatic heterocycles. The van der Waals surface area contributed by atoms with Crippen molar-refractivity contribution in [2.24, 2.45) is 34.5 Å². The van der Waals surface area contributed by atoms with Crippen LogP contribution in [0.15, 0.2) is 0 Å². The molecule has 3 rings (SSSR count). The van der Waals surface area contributed by atoms with Gasteiger partial charge in [-0.05, 0) is 60.2 Å². The van der Waals surface area contributed by atoms with Gasteiger partial charge in [-0.25, -0.2) is 0 Å². The molecule has 1 nitrogen and oxygen atoms in total. The van der Waals surface area contributed by atoms with E-state index in [1.165, 1.54) is 19.3 Å². The number of rotatable bonds is 0. The van der Waals surface area contributed by atoms with Crippen LogP contribution in [-0.4, -0.2) is 11.2 Å². The van der Waals surface area contributed by atoms with Crippen LogP contribution in [0.25, 0.3) is 0 Å². The zero-order valence-electron chi connectivity index (χ0n) is 11.2. The summed E-state index contributed by atoms with van der Waals surface area (Å²) in [5, 5.41) is 10.4. The summed E-state index contributed by atoms with van der Waals surface area (Å²) < 4.78 is 0. The van der Waals surface area contributed by atoms with E-state index >= 15 is 0 Å². The molecule has 0 unspecified atom stereocenters. The van der Waals surface area contributed by atoms with Crippen molar-refractivity contribution in [1.29, 1.82) is 0 Å². The Balaban J connectivity index is 2.06. The Morgan fingerprint density at radius 1 is 1.06 bits per heavy atom. The van der Waals surface area contributed by atoms with Crippen molar-refractivity contribution < 1.29 is 5.11 Å². The quantitative estimate of drug-likeness (QED) is 0.665. The fraction of sp³-hybridized carbons (Fsp3) is 1.00. The van der Waals surface area contributed by atoms with Crippen LogP contribution in [-0.2, 0) is 0 Å². The molecule has 1 spiro atoms. The molecule has 0 radical (unpaired) electrons. The first-order chi connectivity index (χ1) is 7.39. The molecule has 0 amide bonds. The van der Waals surface area contributed by atoms with Gasteiger partial charge in [0.15, 0.2) is 0 Å². The van der Waals surface area contributed by atoms with E-state index in [1.807, 2.05) is 0 Å². The van der Waals surface area contributed by atoms with Crippen LogP contribution in [0.2, 0.25) is 0 Å². The van der Waals surface area contributed by atoms with Crippen LogP contribution in [0.5, 0.6) is 0 Å². The summed E-state index contributed by atoms with van der Waals surface area (Å²) in [6, 6.07) is 0. The van der Waals surface area contributed by atoms with Crippen molar-refractivity contribution in [3.8, 4) is 0 Å². The number of fused-ring (bicyclic) bond motifs is 1. The molecule has 1 N–H and O–H groups in total. The average molecular weight is 222 g/mol. The molecule has 3 aliphatic carbocycles. The molecule has 3 fully saturated rings. The van der Waals surface area contributed by atoms with E-state index in [9.17, 15) is 5.11 Å². The molecular weight excluding hydrogens is 196 g/mol. The van der Waals surface area contributed by atoms with Crippen LogP contribution >= 0.6 is 0 Å². The largest absolute Gasteiger partial charge is 0.393 e. The summed E-state index contributed by atoms with van der Waals surface area (Å²) in [7, 11) is 0. The molecule has 0 aromatic carbocycles. The summed E-state index contributed by atoms with van der Waals surface area (Å²) >= 11 is 0. The second-order valence-corrected chi connectivity index (χ2v) is 7.53. The summed E-state index contributed by atoms with van der Waals surface area (Å²) in [6.45, 7) is 9.64. The zero-order valence-corrected chi connectivity index (χ0v) is 11.2. The van der Waals surface area contributed by atoms with E-state index < -0.39 is 0 Å². The van der Waals surface area contributed by atoms with Gasteiger partial charge in [0, 0.05) is 0 Å². The number of aliphatic hydroxyl groups is 1. The molecule has 3 aliphatic rings. The van der Waals surface area contributed by atoms with Crippen LogP contribution in [0.1, 0.15) is 53.4 Å². The smallest absolute Gasteiger partial charge is 0.0574 e. The summed E-state index contributed by atoms with van der Waals surface area (Å²) in [6.07, 6.45) is 5.24. The van der Waals surface area contributed by atoms with Crippen LogP contribution in [0.3, 0.4) is 0 Å². The third-order valence-corrected chi connectivity index (χ3v) is 6.85. The highest BCUT2D eigenvalue weighted by molar-refractivity contribution is 5.15. The van der Waals surface area contributed by atoms with Crippen molar-refractivity contribution in [2.45, 2.75) is 59.5 Å². The normalized spacial score (nSPS) is 58.7. The second kappa shape index (κ2) is 3.04. The third kappa shape index (κ3) is 1.06. The molecule has 0 saturated heterocycles. The standard InChI is InChI=1S/C15H26O/c1-9-5-6-13-14(3,4)11-7-15(9,13)8-12(16)10(11)2/h9-13,16H,5-8H2,1-4H3/t9-,10+,11+,12-,13+,15-/m1/s1. The van der Waals surface area contributed by atoms with Crippen LogP contribution in [0.4, 0.5) is 0 Å². The Kier molecular flexibility index (Phi) is 2.11.